The molecule has 0 radical (unpaired) electrons. The van der Waals surface area contributed by atoms with Crippen LogP contribution < -0.4 is 5.32 Å². The fraction of sp³-hybridized carbons (Fsp3) is 0.379. The molecule has 41 heavy (non-hydrogen) atoms. The molecule has 3 rings (SSSR count). The Balaban J connectivity index is 1.98. The van der Waals surface area contributed by atoms with E-state index in [2.05, 4.69) is 5.32 Å². The van der Waals surface area contributed by atoms with Crippen molar-refractivity contribution in [2.45, 2.75) is 62.2 Å². The zero-order chi connectivity index (χ0) is 30.1. The average molecular weight is 606 g/mol. The Hall–Kier alpha value is -3.32. The predicted molar refractivity (Wildman–Crippen MR) is 158 cm³/mol. The van der Waals surface area contributed by atoms with Crippen molar-refractivity contribution in [2.75, 3.05) is 17.6 Å². The monoisotopic (exact) mass is 605 g/mol. The van der Waals surface area contributed by atoms with Gasteiger partial charge in [-0.15, -0.1) is 0 Å². The molecule has 1 atom stereocenters. The molecule has 0 amide bonds. The molecule has 222 valence electrons. The highest BCUT2D eigenvalue weighted by atomic mass is 32.2. The van der Waals surface area contributed by atoms with E-state index >= 15 is 0 Å². The minimum atomic E-state index is -4.46. The number of carboxylic acids is 1. The summed E-state index contributed by atoms with van der Waals surface area (Å²) in [6.45, 7) is 2.40. The van der Waals surface area contributed by atoms with Crippen molar-refractivity contribution in [1.82, 2.24) is 0 Å². The molecule has 10 nitrogen and oxygen atoms in total. The highest BCUT2D eigenvalue weighted by Crippen LogP contribution is 2.44. The lowest BCUT2D eigenvalue weighted by molar-refractivity contribution is -0.438. The van der Waals surface area contributed by atoms with Crippen LogP contribution in [0.15, 0.2) is 77.9 Å². The molecule has 1 aliphatic rings. The number of aliphatic carboxylic acids is 1. The quantitative estimate of drug-likeness (QED) is 0.0875. The molecule has 0 bridgehead atoms. The summed E-state index contributed by atoms with van der Waals surface area (Å²) >= 11 is 0. The van der Waals surface area contributed by atoms with Crippen LogP contribution >= 0.6 is 0 Å². The van der Waals surface area contributed by atoms with Crippen LogP contribution in [-0.2, 0) is 30.4 Å². The van der Waals surface area contributed by atoms with Crippen LogP contribution in [0.25, 0.3) is 0 Å². The highest BCUT2D eigenvalue weighted by molar-refractivity contribution is 7.86. The van der Waals surface area contributed by atoms with E-state index in [1.54, 1.807) is 12.3 Å². The van der Waals surface area contributed by atoms with Crippen LogP contribution in [0.3, 0.4) is 0 Å². The first-order valence-electron chi connectivity index (χ1n) is 13.4. The molecule has 2 aromatic rings. The number of benzene rings is 2. The fourth-order valence-corrected chi connectivity index (χ4v) is 6.14. The van der Waals surface area contributed by atoms with Crippen LogP contribution in [0.5, 0.6) is 0 Å². The molecule has 0 saturated heterocycles. The predicted octanol–water partition coefficient (Wildman–Crippen LogP) is 5.17. The SMILES string of the molecule is CC1(CCCCCC(=O)O)C(C=CC=CNc2ccccc2)=[N+](CCCCS(=O)(=O)O)c2ccc(S(=O)(=O)O)cc21. The maximum atomic E-state index is 12.0. The maximum absolute atomic E-state index is 12.0. The van der Waals surface area contributed by atoms with Gasteiger partial charge in [-0.2, -0.15) is 21.4 Å². The number of hydrogen-bond donors (Lipinski definition) is 4. The van der Waals surface area contributed by atoms with Gasteiger partial charge in [-0.25, -0.2) is 0 Å². The molecule has 0 fully saturated rings. The lowest BCUT2D eigenvalue weighted by atomic mass is 9.75. The Morgan fingerprint density at radius 1 is 0.951 bits per heavy atom. The van der Waals surface area contributed by atoms with Crippen LogP contribution in [-0.4, -0.2) is 59.6 Å². The second-order valence-corrected chi connectivity index (χ2v) is 13.2. The number of fused-ring (bicyclic) bond motifs is 1. The first-order chi connectivity index (χ1) is 19.3. The van der Waals surface area contributed by atoms with Crippen molar-refractivity contribution in [3.63, 3.8) is 0 Å². The fourth-order valence-electron chi connectivity index (χ4n) is 5.06. The van der Waals surface area contributed by atoms with Gasteiger partial charge in [0.15, 0.2) is 5.71 Å². The second kappa shape index (κ2) is 14.0. The van der Waals surface area contributed by atoms with Crippen molar-refractivity contribution in [3.8, 4) is 0 Å². The topological polar surface area (TPSA) is 161 Å². The van der Waals surface area contributed by atoms with Gasteiger partial charge in [-0.1, -0.05) is 37.1 Å². The van der Waals surface area contributed by atoms with Crippen LogP contribution in [0.4, 0.5) is 11.4 Å². The number of para-hydroxylation sites is 1. The van der Waals surface area contributed by atoms with E-state index in [9.17, 15) is 26.2 Å². The number of rotatable bonds is 16. The molecule has 1 heterocycles. The molecular formula is C29H37N2O8S2+. The Morgan fingerprint density at radius 2 is 1.68 bits per heavy atom. The number of unbranched alkanes of at least 4 members (excludes halogenated alkanes) is 3. The lowest BCUT2D eigenvalue weighted by Crippen LogP contribution is -2.31. The van der Waals surface area contributed by atoms with E-state index in [1.165, 1.54) is 12.1 Å². The molecule has 4 N–H and O–H groups in total. The summed E-state index contributed by atoms with van der Waals surface area (Å²) in [6, 6.07) is 14.1. The minimum absolute atomic E-state index is 0.0653. The zero-order valence-electron chi connectivity index (χ0n) is 22.9. The van der Waals surface area contributed by atoms with E-state index in [4.69, 9.17) is 9.66 Å². The van der Waals surface area contributed by atoms with Crippen LogP contribution in [0, 0.1) is 0 Å². The smallest absolute Gasteiger partial charge is 0.303 e. The summed E-state index contributed by atoms with van der Waals surface area (Å²) in [6.07, 6.45) is 10.6. The summed E-state index contributed by atoms with van der Waals surface area (Å²) in [7, 11) is -8.56. The number of allylic oxidation sites excluding steroid dienone is 3. The second-order valence-electron chi connectivity index (χ2n) is 10.2. The van der Waals surface area contributed by atoms with Gasteiger partial charge >= 0.3 is 5.97 Å². The van der Waals surface area contributed by atoms with Gasteiger partial charge in [-0.05, 0) is 56.5 Å². The van der Waals surface area contributed by atoms with Crippen molar-refractivity contribution in [3.05, 3.63) is 78.5 Å². The molecule has 0 aliphatic carbocycles. The molecule has 12 heteroatoms. The third kappa shape index (κ3) is 9.35. The molecule has 1 aliphatic heterocycles. The van der Waals surface area contributed by atoms with Gasteiger partial charge in [0.1, 0.15) is 6.54 Å². The van der Waals surface area contributed by atoms with E-state index in [0.717, 1.165) is 17.1 Å². The highest BCUT2D eigenvalue weighted by Gasteiger charge is 2.47. The van der Waals surface area contributed by atoms with E-state index < -0.39 is 31.6 Å². The van der Waals surface area contributed by atoms with E-state index in [-0.39, 0.29) is 23.5 Å². The first kappa shape index (κ1) is 32.2. The average Bonchev–Trinajstić information content (AvgIpc) is 3.12. The molecule has 0 aromatic heterocycles. The lowest BCUT2D eigenvalue weighted by Gasteiger charge is -2.23. The van der Waals surface area contributed by atoms with E-state index in [1.807, 2.05) is 60.1 Å². The summed E-state index contributed by atoms with van der Waals surface area (Å²) in [5.41, 5.74) is 2.53. The maximum Gasteiger partial charge on any atom is 0.303 e. The molecule has 1 unspecified atom stereocenters. The first-order valence-corrected chi connectivity index (χ1v) is 16.4. The molecule has 2 aromatic carbocycles. The van der Waals surface area contributed by atoms with Gasteiger partial charge in [0.25, 0.3) is 20.2 Å². The Bertz CT molecular complexity index is 1530. The molecule has 0 spiro atoms. The Morgan fingerprint density at radius 3 is 2.34 bits per heavy atom. The summed E-state index contributed by atoms with van der Waals surface area (Å²) < 4.78 is 67.4. The Kier molecular flexibility index (Phi) is 11.0. The number of carbonyl (C=O) groups is 1. The summed E-state index contributed by atoms with van der Waals surface area (Å²) in [5.74, 6) is -1.22. The van der Waals surface area contributed by atoms with Gasteiger partial charge in [0.2, 0.25) is 5.69 Å². The zero-order valence-corrected chi connectivity index (χ0v) is 24.6. The molecular weight excluding hydrogens is 568 g/mol. The van der Waals surface area contributed by atoms with Crippen molar-refractivity contribution >= 4 is 43.3 Å². The number of nitrogens with zero attached hydrogens (tertiary/aromatic N) is 1. The number of anilines is 1. The number of nitrogens with one attached hydrogen (secondary N) is 1. The third-order valence-electron chi connectivity index (χ3n) is 7.09. The van der Waals surface area contributed by atoms with Gasteiger partial charge in [-0.3, -0.25) is 13.9 Å². The van der Waals surface area contributed by atoms with Gasteiger partial charge in [0.05, 0.1) is 16.1 Å². The standard InChI is InChI=1S/C29H36N2O8S2/c1-29(18-8-3-6-15-28(32)33)25-22-24(41(37,38)39)16-17-26(25)31(20-10-11-21-40(34,35)36)27(29)14-7-9-19-30-23-12-4-2-5-13-23/h2,4-5,7,9,12-14,16-17,19,22H,3,6,8,10-11,15,18,20-21H2,1H3,(H3,32,33,34,35,36,37,38,39)/p+1. The number of hydrogen-bond acceptors (Lipinski definition) is 6. The van der Waals surface area contributed by atoms with E-state index in [0.29, 0.717) is 44.2 Å². The van der Waals surface area contributed by atoms with Crippen molar-refractivity contribution < 1.29 is 40.4 Å². The van der Waals surface area contributed by atoms with Crippen LogP contribution in [0.2, 0.25) is 0 Å². The van der Waals surface area contributed by atoms with Crippen molar-refractivity contribution in [1.29, 1.82) is 0 Å². The summed E-state index contributed by atoms with van der Waals surface area (Å²) in [5, 5.41) is 12.2. The van der Waals surface area contributed by atoms with Crippen LogP contribution in [0.1, 0.15) is 57.4 Å². The van der Waals surface area contributed by atoms with Gasteiger partial charge in [0, 0.05) is 42.4 Å². The Labute approximate surface area is 241 Å². The normalized spacial score (nSPS) is 17.4. The van der Waals surface area contributed by atoms with Gasteiger partial charge < -0.3 is 10.4 Å². The molecule has 0 saturated carbocycles. The van der Waals surface area contributed by atoms with Crippen molar-refractivity contribution in [2.24, 2.45) is 0 Å². The largest absolute Gasteiger partial charge is 0.481 e. The third-order valence-corrected chi connectivity index (χ3v) is 8.75. The summed E-state index contributed by atoms with van der Waals surface area (Å²) in [4.78, 5) is 10.7. The number of carboxylic acid groups (broad SMARTS) is 1. The minimum Gasteiger partial charge on any atom is -0.481 e.